The Morgan fingerprint density at radius 2 is 1.67 bits per heavy atom. The minimum Gasteiger partial charge on any atom is -0.383 e. The summed E-state index contributed by atoms with van der Waals surface area (Å²) in [4.78, 5) is 2.46. The van der Waals surface area contributed by atoms with Gasteiger partial charge in [-0.2, -0.15) is 0 Å². The van der Waals surface area contributed by atoms with Crippen LogP contribution < -0.4 is 5.73 Å². The van der Waals surface area contributed by atoms with Crippen LogP contribution in [-0.2, 0) is 4.74 Å². The molecule has 2 rings (SSSR count). The topological polar surface area (TPSA) is 38.5 Å². The Balaban J connectivity index is 1.94. The van der Waals surface area contributed by atoms with E-state index in [1.807, 2.05) is 0 Å². The summed E-state index contributed by atoms with van der Waals surface area (Å²) in [6.45, 7) is 2.60. The lowest BCUT2D eigenvalue weighted by Crippen LogP contribution is -2.56. The smallest absolute Gasteiger partial charge is 0.0589 e. The minimum absolute atomic E-state index is 0.242. The number of ether oxygens (including phenoxy) is 1. The van der Waals surface area contributed by atoms with Crippen LogP contribution in [0.2, 0.25) is 0 Å². The number of hydrogen-bond donors (Lipinski definition) is 1. The van der Waals surface area contributed by atoms with Crippen LogP contribution in [0.5, 0.6) is 0 Å². The Morgan fingerprint density at radius 1 is 1.06 bits per heavy atom. The standard InChI is InChI=1S/C15H30N2O/c1-17(11-12-18-2)15(13-16)9-7-14(8-10-15)5-3-4-6-14/h3-13,16H2,1-2H3. The van der Waals surface area contributed by atoms with Crippen LogP contribution in [0.25, 0.3) is 0 Å². The summed E-state index contributed by atoms with van der Waals surface area (Å²) in [6.07, 6.45) is 11.2. The Bertz CT molecular complexity index is 251. The van der Waals surface area contributed by atoms with Crippen LogP contribution in [0.1, 0.15) is 51.4 Å². The number of hydrogen-bond acceptors (Lipinski definition) is 3. The zero-order chi connectivity index (χ0) is 13.1. The maximum absolute atomic E-state index is 6.12. The molecular formula is C15H30N2O. The molecular weight excluding hydrogens is 224 g/mol. The first-order valence-corrected chi connectivity index (χ1v) is 7.57. The summed E-state index contributed by atoms with van der Waals surface area (Å²) in [5, 5.41) is 0. The monoisotopic (exact) mass is 254 g/mol. The lowest BCUT2D eigenvalue weighted by atomic mass is 9.66. The van der Waals surface area contributed by atoms with Gasteiger partial charge in [0.1, 0.15) is 0 Å². The lowest BCUT2D eigenvalue weighted by molar-refractivity contribution is 0.0169. The molecule has 3 heteroatoms. The molecule has 1 spiro atoms. The Kier molecular flexibility index (Phi) is 4.68. The van der Waals surface area contributed by atoms with Crippen LogP contribution in [0.4, 0.5) is 0 Å². The average molecular weight is 254 g/mol. The van der Waals surface area contributed by atoms with E-state index in [9.17, 15) is 0 Å². The summed E-state index contributed by atoms with van der Waals surface area (Å²) >= 11 is 0. The maximum atomic E-state index is 6.12. The second-order valence-corrected chi connectivity index (χ2v) is 6.55. The summed E-state index contributed by atoms with van der Waals surface area (Å²) in [5.74, 6) is 0. The first-order chi connectivity index (χ1) is 8.66. The third-order valence-electron chi connectivity index (χ3n) is 5.73. The molecule has 0 amide bonds. The van der Waals surface area contributed by atoms with E-state index in [0.717, 1.165) is 19.7 Å². The van der Waals surface area contributed by atoms with Gasteiger partial charge >= 0.3 is 0 Å². The summed E-state index contributed by atoms with van der Waals surface area (Å²) < 4.78 is 5.20. The van der Waals surface area contributed by atoms with E-state index in [2.05, 4.69) is 11.9 Å². The number of nitrogens with zero attached hydrogens (tertiary/aromatic N) is 1. The molecule has 2 aliphatic carbocycles. The minimum atomic E-state index is 0.242. The van der Waals surface area contributed by atoms with Gasteiger partial charge < -0.3 is 10.5 Å². The quantitative estimate of drug-likeness (QED) is 0.819. The van der Waals surface area contributed by atoms with Gasteiger partial charge in [-0.3, -0.25) is 4.90 Å². The molecule has 0 aromatic rings. The third-order valence-corrected chi connectivity index (χ3v) is 5.73. The van der Waals surface area contributed by atoms with Gasteiger partial charge in [-0.05, 0) is 51.0 Å². The zero-order valence-corrected chi connectivity index (χ0v) is 12.2. The molecule has 2 aliphatic rings. The van der Waals surface area contributed by atoms with Gasteiger partial charge in [-0.25, -0.2) is 0 Å². The molecule has 2 N–H and O–H groups in total. The van der Waals surface area contributed by atoms with Gasteiger partial charge in [0.2, 0.25) is 0 Å². The largest absolute Gasteiger partial charge is 0.383 e. The van der Waals surface area contributed by atoms with Crippen molar-refractivity contribution in [3.63, 3.8) is 0 Å². The van der Waals surface area contributed by atoms with E-state index in [0.29, 0.717) is 5.41 Å². The number of rotatable bonds is 5. The van der Waals surface area contributed by atoms with Crippen molar-refractivity contribution in [2.75, 3.05) is 33.9 Å². The number of methoxy groups -OCH3 is 1. The second kappa shape index (κ2) is 5.89. The summed E-state index contributed by atoms with van der Waals surface area (Å²) in [6, 6.07) is 0. The molecule has 0 radical (unpaired) electrons. The molecule has 0 heterocycles. The van der Waals surface area contributed by atoms with Crippen LogP contribution in [-0.4, -0.2) is 44.3 Å². The molecule has 2 saturated carbocycles. The van der Waals surface area contributed by atoms with Gasteiger partial charge in [0, 0.05) is 25.7 Å². The fourth-order valence-electron chi connectivity index (χ4n) is 4.08. The molecule has 0 aliphatic heterocycles. The molecule has 0 unspecified atom stereocenters. The maximum Gasteiger partial charge on any atom is 0.0589 e. The van der Waals surface area contributed by atoms with E-state index in [-0.39, 0.29) is 5.54 Å². The van der Waals surface area contributed by atoms with Crippen molar-refractivity contribution < 1.29 is 4.74 Å². The van der Waals surface area contributed by atoms with Crippen molar-refractivity contribution in [3.8, 4) is 0 Å². The zero-order valence-electron chi connectivity index (χ0n) is 12.2. The van der Waals surface area contributed by atoms with Gasteiger partial charge in [0.25, 0.3) is 0 Å². The van der Waals surface area contributed by atoms with Crippen molar-refractivity contribution in [1.82, 2.24) is 4.90 Å². The van der Waals surface area contributed by atoms with Gasteiger partial charge in [-0.15, -0.1) is 0 Å². The normalized spacial score (nSPS) is 26.0. The van der Waals surface area contributed by atoms with Crippen LogP contribution in [0.15, 0.2) is 0 Å². The molecule has 0 aromatic carbocycles. The molecule has 0 aromatic heterocycles. The van der Waals surface area contributed by atoms with E-state index in [1.54, 1.807) is 7.11 Å². The van der Waals surface area contributed by atoms with E-state index in [4.69, 9.17) is 10.5 Å². The second-order valence-electron chi connectivity index (χ2n) is 6.55. The molecule has 106 valence electrons. The van der Waals surface area contributed by atoms with Crippen LogP contribution >= 0.6 is 0 Å². The van der Waals surface area contributed by atoms with Crippen LogP contribution in [0, 0.1) is 5.41 Å². The van der Waals surface area contributed by atoms with Crippen molar-refractivity contribution in [3.05, 3.63) is 0 Å². The van der Waals surface area contributed by atoms with E-state index < -0.39 is 0 Å². The average Bonchev–Trinajstić information content (AvgIpc) is 2.86. The predicted octanol–water partition coefficient (Wildman–Crippen LogP) is 2.40. The third kappa shape index (κ3) is 2.73. The van der Waals surface area contributed by atoms with Crippen molar-refractivity contribution >= 4 is 0 Å². The summed E-state index contributed by atoms with van der Waals surface area (Å²) in [5.41, 5.74) is 7.05. The SMILES string of the molecule is COCCN(C)C1(CN)CCC2(CCCC2)CC1. The molecule has 0 saturated heterocycles. The molecule has 0 bridgehead atoms. The van der Waals surface area contributed by atoms with Crippen LogP contribution in [0.3, 0.4) is 0 Å². The highest BCUT2D eigenvalue weighted by Gasteiger charge is 2.44. The highest BCUT2D eigenvalue weighted by atomic mass is 16.5. The molecule has 18 heavy (non-hydrogen) atoms. The molecule has 3 nitrogen and oxygen atoms in total. The number of likely N-dealkylation sites (N-methyl/N-ethyl adjacent to an activating group) is 1. The van der Waals surface area contributed by atoms with Gasteiger partial charge in [0.05, 0.1) is 6.61 Å². The highest BCUT2D eigenvalue weighted by molar-refractivity contribution is 5.00. The Labute approximate surface area is 112 Å². The van der Waals surface area contributed by atoms with Gasteiger partial charge in [0.15, 0.2) is 0 Å². The summed E-state index contributed by atoms with van der Waals surface area (Å²) in [7, 11) is 4.00. The van der Waals surface area contributed by atoms with E-state index in [1.165, 1.54) is 51.4 Å². The van der Waals surface area contributed by atoms with Crippen molar-refractivity contribution in [2.45, 2.75) is 56.9 Å². The lowest BCUT2D eigenvalue weighted by Gasteiger charge is -2.49. The molecule has 2 fully saturated rings. The fourth-order valence-corrected chi connectivity index (χ4v) is 4.08. The van der Waals surface area contributed by atoms with Crippen molar-refractivity contribution in [2.24, 2.45) is 11.1 Å². The first kappa shape index (κ1) is 14.3. The Hall–Kier alpha value is -0.120. The van der Waals surface area contributed by atoms with Gasteiger partial charge in [-0.1, -0.05) is 12.8 Å². The fraction of sp³-hybridized carbons (Fsp3) is 1.00. The Morgan fingerprint density at radius 3 is 2.17 bits per heavy atom. The highest BCUT2D eigenvalue weighted by Crippen LogP contribution is 2.52. The predicted molar refractivity (Wildman–Crippen MR) is 75.7 cm³/mol. The first-order valence-electron chi connectivity index (χ1n) is 7.57. The molecule has 0 atom stereocenters. The van der Waals surface area contributed by atoms with Crippen molar-refractivity contribution in [1.29, 1.82) is 0 Å². The van der Waals surface area contributed by atoms with E-state index >= 15 is 0 Å². The number of nitrogens with two attached hydrogens (primary N) is 1.